The van der Waals surface area contributed by atoms with Gasteiger partial charge in [-0.2, -0.15) is 9.41 Å². The molecular formula is C18H19N3O5S. The largest absolute Gasteiger partial charge is 0.508 e. The zero-order chi connectivity index (χ0) is 19.4. The van der Waals surface area contributed by atoms with Crippen molar-refractivity contribution < 1.29 is 23.4 Å². The Balaban J connectivity index is 1.73. The van der Waals surface area contributed by atoms with Crippen molar-refractivity contribution in [2.24, 2.45) is 5.10 Å². The van der Waals surface area contributed by atoms with E-state index in [4.69, 9.17) is 0 Å². The Morgan fingerprint density at radius 1 is 1.11 bits per heavy atom. The van der Waals surface area contributed by atoms with E-state index in [0.29, 0.717) is 18.7 Å². The Labute approximate surface area is 156 Å². The van der Waals surface area contributed by atoms with Gasteiger partial charge in [0.15, 0.2) is 0 Å². The predicted molar refractivity (Wildman–Crippen MR) is 99.3 cm³/mol. The summed E-state index contributed by atoms with van der Waals surface area (Å²) < 4.78 is 26.6. The Kier molecular flexibility index (Phi) is 5.43. The van der Waals surface area contributed by atoms with Gasteiger partial charge < -0.3 is 10.2 Å². The van der Waals surface area contributed by atoms with Crippen LogP contribution >= 0.6 is 0 Å². The first-order chi connectivity index (χ1) is 12.9. The van der Waals surface area contributed by atoms with Crippen LogP contribution in [0, 0.1) is 0 Å². The molecule has 1 fully saturated rings. The molecule has 0 radical (unpaired) electrons. The van der Waals surface area contributed by atoms with Crippen LogP contribution in [0.25, 0.3) is 0 Å². The number of hydrogen-bond acceptors (Lipinski definition) is 6. The molecule has 1 heterocycles. The molecule has 1 saturated heterocycles. The first kappa shape index (κ1) is 18.9. The summed E-state index contributed by atoms with van der Waals surface area (Å²) in [6, 6.07) is 9.73. The van der Waals surface area contributed by atoms with Gasteiger partial charge in [0.05, 0.1) is 11.1 Å². The molecule has 1 aliphatic rings. The molecule has 0 spiro atoms. The molecule has 1 amide bonds. The van der Waals surface area contributed by atoms with Crippen LogP contribution in [0.2, 0.25) is 0 Å². The summed E-state index contributed by atoms with van der Waals surface area (Å²) in [7, 11) is -3.61. The minimum absolute atomic E-state index is 0.0669. The maximum Gasteiger partial charge on any atom is 0.271 e. The van der Waals surface area contributed by atoms with E-state index in [1.165, 1.54) is 46.9 Å². The van der Waals surface area contributed by atoms with Gasteiger partial charge in [-0.1, -0.05) is 6.07 Å². The standard InChI is InChI=1S/C18H19N3O5S/c22-15-7-6-14(17(23)11-15)12-19-20-18(24)13-4-3-5-16(10-13)27(25,26)21-8-1-2-9-21/h3-7,10-12,22-23H,1-2,8-9H2,(H,20,24)/b19-12+. The average Bonchev–Trinajstić information content (AvgIpc) is 3.19. The third kappa shape index (κ3) is 4.26. The summed E-state index contributed by atoms with van der Waals surface area (Å²) in [5.41, 5.74) is 2.75. The van der Waals surface area contributed by atoms with E-state index in [9.17, 15) is 23.4 Å². The Bertz CT molecular complexity index is 982. The van der Waals surface area contributed by atoms with Gasteiger partial charge in [-0.15, -0.1) is 0 Å². The second-order valence-electron chi connectivity index (χ2n) is 6.08. The highest BCUT2D eigenvalue weighted by atomic mass is 32.2. The van der Waals surface area contributed by atoms with Gasteiger partial charge in [-0.25, -0.2) is 13.8 Å². The van der Waals surface area contributed by atoms with Gasteiger partial charge in [-0.3, -0.25) is 4.79 Å². The number of nitrogens with zero attached hydrogens (tertiary/aromatic N) is 2. The third-order valence-electron chi connectivity index (χ3n) is 4.18. The van der Waals surface area contributed by atoms with Crippen LogP contribution < -0.4 is 5.43 Å². The molecular weight excluding hydrogens is 370 g/mol. The van der Waals surface area contributed by atoms with Crippen LogP contribution in [-0.2, 0) is 10.0 Å². The molecule has 142 valence electrons. The molecule has 0 bridgehead atoms. The van der Waals surface area contributed by atoms with Crippen molar-refractivity contribution >= 4 is 22.1 Å². The second-order valence-corrected chi connectivity index (χ2v) is 8.02. The number of rotatable bonds is 5. The fourth-order valence-electron chi connectivity index (χ4n) is 2.74. The number of carbonyl (C=O) groups is 1. The number of benzene rings is 2. The van der Waals surface area contributed by atoms with Gasteiger partial charge >= 0.3 is 0 Å². The van der Waals surface area contributed by atoms with Crippen LogP contribution in [0.1, 0.15) is 28.8 Å². The molecule has 1 aliphatic heterocycles. The van der Waals surface area contributed by atoms with E-state index in [1.807, 2.05) is 0 Å². The molecule has 9 heteroatoms. The summed E-state index contributed by atoms with van der Waals surface area (Å²) in [6.07, 6.45) is 2.88. The lowest BCUT2D eigenvalue weighted by molar-refractivity contribution is 0.0955. The van der Waals surface area contributed by atoms with Crippen LogP contribution in [-0.4, -0.2) is 48.1 Å². The molecule has 0 aliphatic carbocycles. The van der Waals surface area contributed by atoms with E-state index in [-0.39, 0.29) is 22.0 Å². The highest BCUT2D eigenvalue weighted by Crippen LogP contribution is 2.22. The highest BCUT2D eigenvalue weighted by molar-refractivity contribution is 7.89. The van der Waals surface area contributed by atoms with E-state index < -0.39 is 15.9 Å². The second kappa shape index (κ2) is 7.77. The number of aromatic hydroxyl groups is 2. The number of hydrazone groups is 1. The van der Waals surface area contributed by atoms with Crippen LogP contribution in [0.15, 0.2) is 52.5 Å². The maximum atomic E-state index is 12.6. The summed E-state index contributed by atoms with van der Waals surface area (Å²) in [6.45, 7) is 0.971. The van der Waals surface area contributed by atoms with Crippen molar-refractivity contribution in [2.75, 3.05) is 13.1 Å². The molecule has 8 nitrogen and oxygen atoms in total. The zero-order valence-corrected chi connectivity index (χ0v) is 15.2. The molecule has 2 aromatic carbocycles. The molecule has 0 atom stereocenters. The number of sulfonamides is 1. The molecule has 0 aromatic heterocycles. The molecule has 2 aromatic rings. The lowest BCUT2D eigenvalue weighted by Crippen LogP contribution is -2.28. The SMILES string of the molecule is O=C(N/N=C/c1ccc(O)cc1O)c1cccc(S(=O)(=O)N2CCCC2)c1. The van der Waals surface area contributed by atoms with Gasteiger partial charge in [0, 0.05) is 30.3 Å². The monoisotopic (exact) mass is 389 g/mol. The molecule has 27 heavy (non-hydrogen) atoms. The number of carbonyl (C=O) groups excluding carboxylic acids is 1. The van der Waals surface area contributed by atoms with Crippen molar-refractivity contribution in [2.45, 2.75) is 17.7 Å². The van der Waals surface area contributed by atoms with E-state index in [0.717, 1.165) is 18.9 Å². The molecule has 0 unspecified atom stereocenters. The van der Waals surface area contributed by atoms with Crippen molar-refractivity contribution in [1.82, 2.24) is 9.73 Å². The fourth-order valence-corrected chi connectivity index (χ4v) is 4.31. The summed E-state index contributed by atoms with van der Waals surface area (Å²) >= 11 is 0. The smallest absolute Gasteiger partial charge is 0.271 e. The van der Waals surface area contributed by atoms with E-state index >= 15 is 0 Å². The maximum absolute atomic E-state index is 12.6. The average molecular weight is 389 g/mol. The van der Waals surface area contributed by atoms with Crippen LogP contribution in [0.5, 0.6) is 11.5 Å². The third-order valence-corrected chi connectivity index (χ3v) is 6.08. The normalized spacial score (nSPS) is 15.3. The number of amides is 1. The number of phenolic OH excluding ortho intramolecular Hbond substituents is 2. The predicted octanol–water partition coefficient (Wildman–Crippen LogP) is 1.65. The molecule has 3 N–H and O–H groups in total. The van der Waals surface area contributed by atoms with Crippen molar-refractivity contribution in [3.05, 3.63) is 53.6 Å². The Hall–Kier alpha value is -2.91. The zero-order valence-electron chi connectivity index (χ0n) is 14.4. The lowest BCUT2D eigenvalue weighted by Gasteiger charge is -2.15. The topological polar surface area (TPSA) is 119 Å². The number of hydrogen-bond donors (Lipinski definition) is 3. The molecule has 3 rings (SSSR count). The van der Waals surface area contributed by atoms with Gasteiger partial charge in [0.25, 0.3) is 5.91 Å². The van der Waals surface area contributed by atoms with Gasteiger partial charge in [-0.05, 0) is 43.2 Å². The summed E-state index contributed by atoms with van der Waals surface area (Å²) in [4.78, 5) is 12.3. The minimum Gasteiger partial charge on any atom is -0.508 e. The summed E-state index contributed by atoms with van der Waals surface area (Å²) in [5, 5.41) is 22.7. The van der Waals surface area contributed by atoms with E-state index in [2.05, 4.69) is 10.5 Å². The Morgan fingerprint density at radius 2 is 1.85 bits per heavy atom. The number of phenols is 2. The van der Waals surface area contributed by atoms with Crippen LogP contribution in [0.4, 0.5) is 0 Å². The quantitative estimate of drug-likeness (QED) is 0.531. The van der Waals surface area contributed by atoms with E-state index in [1.54, 1.807) is 0 Å². The highest BCUT2D eigenvalue weighted by Gasteiger charge is 2.27. The van der Waals surface area contributed by atoms with Gasteiger partial charge in [0.1, 0.15) is 11.5 Å². The summed E-state index contributed by atoms with van der Waals surface area (Å²) in [5.74, 6) is -0.862. The van der Waals surface area contributed by atoms with Gasteiger partial charge in [0.2, 0.25) is 10.0 Å². The van der Waals surface area contributed by atoms with Crippen molar-refractivity contribution in [1.29, 1.82) is 0 Å². The lowest BCUT2D eigenvalue weighted by atomic mass is 10.2. The Morgan fingerprint density at radius 3 is 2.56 bits per heavy atom. The number of nitrogens with one attached hydrogen (secondary N) is 1. The van der Waals surface area contributed by atoms with Crippen LogP contribution in [0.3, 0.4) is 0 Å². The first-order valence-corrected chi connectivity index (χ1v) is 9.77. The minimum atomic E-state index is -3.61. The van der Waals surface area contributed by atoms with Crippen molar-refractivity contribution in [3.63, 3.8) is 0 Å². The van der Waals surface area contributed by atoms with Crippen molar-refractivity contribution in [3.8, 4) is 11.5 Å². The first-order valence-electron chi connectivity index (χ1n) is 8.33. The molecule has 0 saturated carbocycles. The fraction of sp³-hybridized carbons (Fsp3) is 0.222.